The molecule has 1 unspecified atom stereocenters. The monoisotopic (exact) mass is 236 g/mol. The third-order valence-electron chi connectivity index (χ3n) is 2.70. The summed E-state index contributed by atoms with van der Waals surface area (Å²) in [4.78, 5) is 19.2. The van der Waals surface area contributed by atoms with Gasteiger partial charge in [0, 0.05) is 30.8 Å². The van der Waals surface area contributed by atoms with E-state index in [0.717, 1.165) is 17.8 Å². The number of nitrogens with one attached hydrogen (secondary N) is 3. The van der Waals surface area contributed by atoms with Gasteiger partial charge in [-0.1, -0.05) is 0 Å². The molecule has 5 N–H and O–H groups in total. The Kier molecular flexibility index (Phi) is 3.38. The van der Waals surface area contributed by atoms with E-state index in [1.807, 2.05) is 6.92 Å². The van der Waals surface area contributed by atoms with Crippen molar-refractivity contribution in [1.82, 2.24) is 15.3 Å². The zero-order chi connectivity index (χ0) is 12.3. The Hall–Kier alpha value is -1.89. The molecule has 0 bridgehead atoms. The molecule has 0 saturated carbocycles. The van der Waals surface area contributed by atoms with Gasteiger partial charge in [0.1, 0.15) is 5.82 Å². The van der Waals surface area contributed by atoms with Gasteiger partial charge in [-0.2, -0.15) is 4.98 Å². The number of hydrogen-bond acceptors (Lipinski definition) is 6. The summed E-state index contributed by atoms with van der Waals surface area (Å²) in [5.41, 5.74) is 3.34. The molecule has 17 heavy (non-hydrogen) atoms. The molecular weight excluding hydrogens is 220 g/mol. The van der Waals surface area contributed by atoms with E-state index in [1.165, 1.54) is 0 Å². The normalized spacial score (nSPS) is 18.9. The maximum atomic E-state index is 11.0. The van der Waals surface area contributed by atoms with E-state index in [-0.39, 0.29) is 11.9 Å². The van der Waals surface area contributed by atoms with E-state index in [9.17, 15) is 4.79 Å². The Balaban J connectivity index is 1.96. The van der Waals surface area contributed by atoms with Crippen LogP contribution in [0.25, 0.3) is 0 Å². The van der Waals surface area contributed by atoms with Gasteiger partial charge in [0.2, 0.25) is 11.9 Å². The first kappa shape index (κ1) is 11.6. The van der Waals surface area contributed by atoms with Crippen LogP contribution in [0, 0.1) is 6.92 Å². The van der Waals surface area contributed by atoms with E-state index in [0.29, 0.717) is 18.9 Å². The van der Waals surface area contributed by atoms with Gasteiger partial charge in [0.25, 0.3) is 0 Å². The highest BCUT2D eigenvalue weighted by molar-refractivity contribution is 5.78. The van der Waals surface area contributed by atoms with Gasteiger partial charge >= 0.3 is 0 Å². The summed E-state index contributed by atoms with van der Waals surface area (Å²) in [7, 11) is 0. The Labute approximate surface area is 99.2 Å². The van der Waals surface area contributed by atoms with E-state index < -0.39 is 0 Å². The van der Waals surface area contributed by atoms with Crippen molar-refractivity contribution in [3.63, 3.8) is 0 Å². The van der Waals surface area contributed by atoms with Crippen molar-refractivity contribution in [3.05, 3.63) is 11.8 Å². The largest absolute Gasteiger partial charge is 0.368 e. The summed E-state index contributed by atoms with van der Waals surface area (Å²) in [6.07, 6.45) is 3.15. The van der Waals surface area contributed by atoms with Crippen molar-refractivity contribution in [3.8, 4) is 0 Å². The number of aryl methyl sites for hydroxylation is 1. The summed E-state index contributed by atoms with van der Waals surface area (Å²) >= 11 is 0. The van der Waals surface area contributed by atoms with E-state index in [1.54, 1.807) is 6.20 Å². The van der Waals surface area contributed by atoms with Crippen LogP contribution in [0.2, 0.25) is 0 Å². The van der Waals surface area contributed by atoms with Crippen LogP contribution in [-0.4, -0.2) is 28.5 Å². The number of nitrogens with two attached hydrogens (primary N) is 1. The lowest BCUT2D eigenvalue weighted by Gasteiger charge is -2.13. The molecule has 1 amide bonds. The minimum Gasteiger partial charge on any atom is -0.368 e. The molecule has 2 heterocycles. The molecule has 1 saturated heterocycles. The molecule has 1 aromatic heterocycles. The van der Waals surface area contributed by atoms with Crippen molar-refractivity contribution in [2.24, 2.45) is 5.84 Å². The minimum absolute atomic E-state index is 0.112. The van der Waals surface area contributed by atoms with Crippen LogP contribution in [0.5, 0.6) is 0 Å². The van der Waals surface area contributed by atoms with Gasteiger partial charge in [-0.3, -0.25) is 10.2 Å². The average Bonchev–Trinajstić information content (AvgIpc) is 2.74. The summed E-state index contributed by atoms with van der Waals surface area (Å²) in [6.45, 7) is 2.57. The standard InChI is InChI=1S/C10H16N6O/c1-6-4-13-10(16-11)15-9(6)12-5-7-2-3-8(17)14-7/h4,7H,2-3,5,11H2,1H3,(H,14,17)(H2,12,13,15,16). The zero-order valence-electron chi connectivity index (χ0n) is 9.66. The molecule has 2 rings (SSSR count). The number of amides is 1. The van der Waals surface area contributed by atoms with Gasteiger partial charge < -0.3 is 10.6 Å². The molecule has 7 heteroatoms. The van der Waals surface area contributed by atoms with Crippen LogP contribution >= 0.6 is 0 Å². The second kappa shape index (κ2) is 4.96. The molecule has 1 aromatic rings. The summed E-state index contributed by atoms with van der Waals surface area (Å²) < 4.78 is 0. The Morgan fingerprint density at radius 1 is 1.65 bits per heavy atom. The van der Waals surface area contributed by atoms with Crippen LogP contribution in [0.15, 0.2) is 6.20 Å². The molecule has 1 aliphatic rings. The molecule has 92 valence electrons. The number of aromatic nitrogens is 2. The fourth-order valence-corrected chi connectivity index (χ4v) is 1.74. The van der Waals surface area contributed by atoms with Crippen molar-refractivity contribution in [2.75, 3.05) is 17.3 Å². The molecule has 1 atom stereocenters. The minimum atomic E-state index is 0.112. The number of nitrogens with zero attached hydrogens (tertiary/aromatic N) is 2. The van der Waals surface area contributed by atoms with Crippen molar-refractivity contribution < 1.29 is 4.79 Å². The van der Waals surface area contributed by atoms with Crippen molar-refractivity contribution in [1.29, 1.82) is 0 Å². The lowest BCUT2D eigenvalue weighted by Crippen LogP contribution is -2.32. The van der Waals surface area contributed by atoms with Gasteiger partial charge in [0.05, 0.1) is 0 Å². The molecule has 0 spiro atoms. The molecule has 1 fully saturated rings. The predicted molar refractivity (Wildman–Crippen MR) is 64.2 cm³/mol. The number of carbonyl (C=O) groups excluding carboxylic acids is 1. The summed E-state index contributed by atoms with van der Waals surface area (Å²) in [6, 6.07) is 0.172. The van der Waals surface area contributed by atoms with Crippen LogP contribution in [0.4, 0.5) is 11.8 Å². The van der Waals surface area contributed by atoms with Crippen LogP contribution in [0.3, 0.4) is 0 Å². The van der Waals surface area contributed by atoms with E-state index >= 15 is 0 Å². The maximum absolute atomic E-state index is 11.0. The maximum Gasteiger partial charge on any atom is 0.239 e. The molecule has 0 aliphatic carbocycles. The molecule has 0 aromatic carbocycles. The topological polar surface area (TPSA) is 105 Å². The zero-order valence-corrected chi connectivity index (χ0v) is 9.66. The number of rotatable bonds is 4. The van der Waals surface area contributed by atoms with Crippen LogP contribution in [0.1, 0.15) is 18.4 Å². The van der Waals surface area contributed by atoms with Crippen LogP contribution in [-0.2, 0) is 4.79 Å². The van der Waals surface area contributed by atoms with Gasteiger partial charge in [-0.15, -0.1) is 0 Å². The van der Waals surface area contributed by atoms with Gasteiger partial charge in [-0.25, -0.2) is 10.8 Å². The molecule has 0 radical (unpaired) electrons. The SMILES string of the molecule is Cc1cnc(NN)nc1NCC1CCC(=O)N1. The van der Waals surface area contributed by atoms with E-state index in [2.05, 4.69) is 26.0 Å². The smallest absolute Gasteiger partial charge is 0.239 e. The predicted octanol–water partition coefficient (Wildman–Crippen LogP) is -0.239. The fraction of sp³-hybridized carbons (Fsp3) is 0.500. The Morgan fingerprint density at radius 2 is 2.47 bits per heavy atom. The fourth-order valence-electron chi connectivity index (χ4n) is 1.74. The summed E-state index contributed by atoms with van der Waals surface area (Å²) in [5, 5.41) is 6.08. The second-order valence-corrected chi connectivity index (χ2v) is 4.05. The molecular formula is C10H16N6O. The van der Waals surface area contributed by atoms with Crippen molar-refractivity contribution >= 4 is 17.7 Å². The third-order valence-corrected chi connectivity index (χ3v) is 2.70. The van der Waals surface area contributed by atoms with Gasteiger partial charge in [-0.05, 0) is 13.3 Å². The lowest BCUT2D eigenvalue weighted by molar-refractivity contribution is -0.119. The van der Waals surface area contributed by atoms with Crippen LogP contribution < -0.4 is 21.9 Å². The number of hydrogen-bond donors (Lipinski definition) is 4. The second-order valence-electron chi connectivity index (χ2n) is 4.05. The average molecular weight is 236 g/mol. The highest BCUT2D eigenvalue weighted by Crippen LogP contribution is 2.13. The Bertz CT molecular complexity index is 421. The third kappa shape index (κ3) is 2.82. The number of anilines is 2. The van der Waals surface area contributed by atoms with Crippen molar-refractivity contribution in [2.45, 2.75) is 25.8 Å². The first-order chi connectivity index (χ1) is 8.19. The quantitative estimate of drug-likeness (QED) is 0.425. The highest BCUT2D eigenvalue weighted by Gasteiger charge is 2.20. The van der Waals surface area contributed by atoms with E-state index in [4.69, 9.17) is 5.84 Å². The number of hydrazine groups is 1. The first-order valence-corrected chi connectivity index (χ1v) is 5.52. The highest BCUT2D eigenvalue weighted by atomic mass is 16.1. The first-order valence-electron chi connectivity index (χ1n) is 5.52. The van der Waals surface area contributed by atoms with Gasteiger partial charge in [0.15, 0.2) is 0 Å². The number of nitrogen functional groups attached to an aromatic ring is 1. The molecule has 7 nitrogen and oxygen atoms in total. The number of carbonyl (C=O) groups is 1. The summed E-state index contributed by atoms with van der Waals surface area (Å²) in [5.74, 6) is 6.46. The Morgan fingerprint density at radius 3 is 3.12 bits per heavy atom. The lowest BCUT2D eigenvalue weighted by atomic mass is 10.2. The molecule has 1 aliphatic heterocycles.